The fourth-order valence-electron chi connectivity index (χ4n) is 2.93. The Morgan fingerprint density at radius 2 is 2.30 bits per heavy atom. The molecule has 104 valence electrons. The van der Waals surface area contributed by atoms with Crippen molar-refractivity contribution in [2.45, 2.75) is 25.7 Å². The molecule has 1 saturated carbocycles. The number of amides is 1. The maximum absolute atomic E-state index is 11.7. The highest BCUT2D eigenvalue weighted by Gasteiger charge is 2.45. The molecule has 20 heavy (non-hydrogen) atoms. The topological polar surface area (TPSA) is 45.2 Å². The van der Waals surface area contributed by atoms with Gasteiger partial charge < -0.3 is 10.2 Å². The molecule has 1 aromatic rings. The van der Waals surface area contributed by atoms with Crippen molar-refractivity contribution in [1.29, 1.82) is 0 Å². The van der Waals surface area contributed by atoms with E-state index >= 15 is 0 Å². The first-order valence-corrected chi connectivity index (χ1v) is 7.15. The van der Waals surface area contributed by atoms with E-state index in [9.17, 15) is 4.79 Å². The first kappa shape index (κ1) is 13.0. The molecule has 1 N–H and O–H groups in total. The van der Waals surface area contributed by atoms with E-state index in [1.165, 1.54) is 25.7 Å². The molecule has 1 amide bonds. The van der Waals surface area contributed by atoms with Crippen molar-refractivity contribution in [3.05, 3.63) is 23.9 Å². The van der Waals surface area contributed by atoms with Gasteiger partial charge in [0.1, 0.15) is 5.82 Å². The minimum atomic E-state index is -0.167. The normalized spacial score (nSPS) is 19.4. The van der Waals surface area contributed by atoms with Gasteiger partial charge in [-0.15, -0.1) is 6.42 Å². The van der Waals surface area contributed by atoms with Crippen molar-refractivity contribution in [2.75, 3.05) is 24.5 Å². The Bertz CT molecular complexity index is 540. The number of piperidine rings is 1. The number of hydrogen-bond acceptors (Lipinski definition) is 3. The van der Waals surface area contributed by atoms with Crippen LogP contribution in [-0.4, -0.2) is 30.5 Å². The fourth-order valence-corrected chi connectivity index (χ4v) is 2.93. The highest BCUT2D eigenvalue weighted by molar-refractivity contribution is 5.94. The number of anilines is 1. The summed E-state index contributed by atoms with van der Waals surface area (Å²) in [6.45, 7) is 2.43. The second kappa shape index (κ2) is 5.16. The van der Waals surface area contributed by atoms with E-state index in [4.69, 9.17) is 6.42 Å². The Hall–Kier alpha value is -2.02. The van der Waals surface area contributed by atoms with Gasteiger partial charge in [-0.1, -0.05) is 5.92 Å². The summed E-state index contributed by atoms with van der Waals surface area (Å²) in [6.07, 6.45) is 12.1. The van der Waals surface area contributed by atoms with Gasteiger partial charge in [-0.2, -0.15) is 0 Å². The smallest absolute Gasteiger partial charge is 0.253 e. The SMILES string of the molecule is C#CCNC(=O)c1ccc(N2CCCC3(CC3)C2)nc1. The first-order chi connectivity index (χ1) is 9.72. The number of hydrogen-bond donors (Lipinski definition) is 1. The highest BCUT2D eigenvalue weighted by Crippen LogP contribution is 2.52. The molecule has 2 aliphatic rings. The van der Waals surface area contributed by atoms with Crippen LogP contribution in [0.25, 0.3) is 0 Å². The summed E-state index contributed by atoms with van der Waals surface area (Å²) < 4.78 is 0. The van der Waals surface area contributed by atoms with Crippen LogP contribution in [0, 0.1) is 17.8 Å². The Morgan fingerprint density at radius 1 is 1.45 bits per heavy atom. The van der Waals surface area contributed by atoms with Crippen molar-refractivity contribution in [1.82, 2.24) is 10.3 Å². The molecular weight excluding hydrogens is 250 g/mol. The van der Waals surface area contributed by atoms with Crippen LogP contribution in [0.4, 0.5) is 5.82 Å². The molecule has 0 unspecified atom stereocenters. The lowest BCUT2D eigenvalue weighted by atomic mass is 9.95. The summed E-state index contributed by atoms with van der Waals surface area (Å²) in [5.41, 5.74) is 1.13. The molecule has 0 bridgehead atoms. The molecule has 1 aromatic heterocycles. The molecule has 4 nitrogen and oxygen atoms in total. The van der Waals surface area contributed by atoms with Gasteiger partial charge in [-0.25, -0.2) is 4.98 Å². The molecule has 1 aliphatic carbocycles. The van der Waals surface area contributed by atoms with Gasteiger partial charge in [0, 0.05) is 19.3 Å². The zero-order chi connectivity index (χ0) is 14.0. The number of nitrogens with one attached hydrogen (secondary N) is 1. The lowest BCUT2D eigenvalue weighted by molar-refractivity contribution is 0.0958. The molecular formula is C16H19N3O. The summed E-state index contributed by atoms with van der Waals surface area (Å²) >= 11 is 0. The van der Waals surface area contributed by atoms with Crippen molar-refractivity contribution in [2.24, 2.45) is 5.41 Å². The van der Waals surface area contributed by atoms with Gasteiger partial charge in [-0.05, 0) is 43.2 Å². The van der Waals surface area contributed by atoms with Gasteiger partial charge in [0.15, 0.2) is 0 Å². The predicted molar refractivity (Wildman–Crippen MR) is 78.5 cm³/mol. The first-order valence-electron chi connectivity index (χ1n) is 7.15. The van der Waals surface area contributed by atoms with Gasteiger partial charge in [0.2, 0.25) is 0 Å². The van der Waals surface area contributed by atoms with Crippen LogP contribution in [0.3, 0.4) is 0 Å². The largest absolute Gasteiger partial charge is 0.356 e. The number of pyridine rings is 1. The second-order valence-corrected chi connectivity index (χ2v) is 5.82. The Labute approximate surface area is 119 Å². The molecule has 1 aliphatic heterocycles. The van der Waals surface area contributed by atoms with E-state index < -0.39 is 0 Å². The maximum atomic E-state index is 11.7. The Morgan fingerprint density at radius 3 is 2.95 bits per heavy atom. The van der Waals surface area contributed by atoms with E-state index in [-0.39, 0.29) is 12.5 Å². The van der Waals surface area contributed by atoms with E-state index in [0.29, 0.717) is 11.0 Å². The summed E-state index contributed by atoms with van der Waals surface area (Å²) in [5.74, 6) is 3.20. The van der Waals surface area contributed by atoms with Gasteiger partial charge >= 0.3 is 0 Å². The third kappa shape index (κ3) is 2.62. The quantitative estimate of drug-likeness (QED) is 0.851. The van der Waals surface area contributed by atoms with E-state index in [2.05, 4.69) is 21.1 Å². The van der Waals surface area contributed by atoms with Crippen molar-refractivity contribution >= 4 is 11.7 Å². The maximum Gasteiger partial charge on any atom is 0.253 e. The van der Waals surface area contributed by atoms with Gasteiger partial charge in [0.25, 0.3) is 5.91 Å². The molecule has 0 atom stereocenters. The molecule has 2 fully saturated rings. The van der Waals surface area contributed by atoms with E-state index in [1.807, 2.05) is 12.1 Å². The van der Waals surface area contributed by atoms with Crippen LogP contribution in [0.2, 0.25) is 0 Å². The number of terminal acetylenes is 1. The molecule has 3 rings (SSSR count). The van der Waals surface area contributed by atoms with Gasteiger partial charge in [0.05, 0.1) is 12.1 Å². The third-order valence-electron chi connectivity index (χ3n) is 4.30. The molecule has 0 radical (unpaired) electrons. The number of rotatable bonds is 3. The summed E-state index contributed by atoms with van der Waals surface area (Å²) in [7, 11) is 0. The Balaban J connectivity index is 1.66. The third-order valence-corrected chi connectivity index (χ3v) is 4.30. The highest BCUT2D eigenvalue weighted by atomic mass is 16.1. The van der Waals surface area contributed by atoms with Crippen LogP contribution in [0.15, 0.2) is 18.3 Å². The molecule has 4 heteroatoms. The van der Waals surface area contributed by atoms with Crippen molar-refractivity contribution < 1.29 is 4.79 Å². The summed E-state index contributed by atoms with van der Waals surface area (Å²) in [4.78, 5) is 18.5. The zero-order valence-corrected chi connectivity index (χ0v) is 11.6. The minimum Gasteiger partial charge on any atom is -0.356 e. The van der Waals surface area contributed by atoms with Crippen molar-refractivity contribution in [3.8, 4) is 12.3 Å². The van der Waals surface area contributed by atoms with Crippen LogP contribution in [-0.2, 0) is 0 Å². The Kier molecular flexibility index (Phi) is 3.35. The number of carbonyl (C=O) groups excluding carboxylic acids is 1. The predicted octanol–water partition coefficient (Wildman–Crippen LogP) is 1.83. The summed E-state index contributed by atoms with van der Waals surface area (Å²) in [5, 5.41) is 2.64. The monoisotopic (exact) mass is 269 g/mol. The number of aromatic nitrogens is 1. The van der Waals surface area contributed by atoms with Crippen LogP contribution in [0.5, 0.6) is 0 Å². The standard InChI is InChI=1S/C16H19N3O/c1-2-9-17-15(20)13-4-5-14(18-11-13)19-10-3-6-16(12-19)7-8-16/h1,4-5,11H,3,6-10,12H2,(H,17,20). The minimum absolute atomic E-state index is 0.167. The lowest BCUT2D eigenvalue weighted by Crippen LogP contribution is -2.37. The number of carbonyl (C=O) groups is 1. The van der Waals surface area contributed by atoms with Crippen LogP contribution in [0.1, 0.15) is 36.0 Å². The lowest BCUT2D eigenvalue weighted by Gasteiger charge is -2.33. The molecule has 1 saturated heterocycles. The van der Waals surface area contributed by atoms with Gasteiger partial charge in [-0.3, -0.25) is 4.79 Å². The average Bonchev–Trinajstić information content (AvgIpc) is 3.23. The fraction of sp³-hybridized carbons (Fsp3) is 0.500. The van der Waals surface area contributed by atoms with Crippen LogP contribution >= 0.6 is 0 Å². The second-order valence-electron chi connectivity index (χ2n) is 5.82. The van der Waals surface area contributed by atoms with Crippen LogP contribution < -0.4 is 10.2 Å². The molecule has 0 aromatic carbocycles. The zero-order valence-electron chi connectivity index (χ0n) is 11.6. The van der Waals surface area contributed by atoms with E-state index in [1.54, 1.807) is 6.20 Å². The molecule has 1 spiro atoms. The number of nitrogens with zero attached hydrogens (tertiary/aromatic N) is 2. The summed E-state index contributed by atoms with van der Waals surface area (Å²) in [6, 6.07) is 3.76. The average molecular weight is 269 g/mol. The van der Waals surface area contributed by atoms with E-state index in [0.717, 1.165) is 18.9 Å². The van der Waals surface area contributed by atoms with Crippen molar-refractivity contribution in [3.63, 3.8) is 0 Å². The molecule has 2 heterocycles.